The topological polar surface area (TPSA) is 51.6 Å². The molecule has 1 saturated heterocycles. The highest BCUT2D eigenvalue weighted by atomic mass is 79.9. The van der Waals surface area contributed by atoms with Crippen LogP contribution in [0.1, 0.15) is 38.0 Å². The largest absolute Gasteiger partial charge is 0.453 e. The van der Waals surface area contributed by atoms with E-state index in [4.69, 9.17) is 14.9 Å². The summed E-state index contributed by atoms with van der Waals surface area (Å²) in [5.74, 6) is 0.936. The van der Waals surface area contributed by atoms with Crippen molar-refractivity contribution < 1.29 is 9.15 Å². The molecule has 2 rings (SSSR count). The molecule has 4 nitrogen and oxygen atoms in total. The van der Waals surface area contributed by atoms with Gasteiger partial charge in [0, 0.05) is 19.7 Å². The standard InChI is InChI=1S/C14H23BrN2O2/c1-2-8-18-11-4-3-7-17(10-11)12(9-16)13-5-6-14(15)19-13/h5-6,11-12H,2-4,7-10,16H2,1H3. The highest BCUT2D eigenvalue weighted by molar-refractivity contribution is 9.10. The molecule has 0 aliphatic carbocycles. The van der Waals surface area contributed by atoms with Gasteiger partial charge in [-0.2, -0.15) is 0 Å². The number of piperidine rings is 1. The zero-order valence-electron chi connectivity index (χ0n) is 11.5. The van der Waals surface area contributed by atoms with Crippen LogP contribution in [0.5, 0.6) is 0 Å². The van der Waals surface area contributed by atoms with E-state index in [1.54, 1.807) is 0 Å². The maximum atomic E-state index is 5.93. The van der Waals surface area contributed by atoms with Crippen LogP contribution in [0, 0.1) is 0 Å². The quantitative estimate of drug-likeness (QED) is 0.871. The minimum absolute atomic E-state index is 0.152. The Morgan fingerprint density at radius 1 is 1.58 bits per heavy atom. The molecule has 0 bridgehead atoms. The first-order chi connectivity index (χ1) is 9.24. The first-order valence-corrected chi connectivity index (χ1v) is 7.84. The normalized spacial score (nSPS) is 22.6. The van der Waals surface area contributed by atoms with Gasteiger partial charge in [-0.3, -0.25) is 4.90 Å². The van der Waals surface area contributed by atoms with E-state index in [0.717, 1.165) is 49.4 Å². The molecule has 0 aromatic carbocycles. The molecule has 2 N–H and O–H groups in total. The third-order valence-electron chi connectivity index (χ3n) is 3.55. The second-order valence-corrected chi connectivity index (χ2v) is 5.80. The van der Waals surface area contributed by atoms with E-state index in [1.165, 1.54) is 0 Å². The fourth-order valence-electron chi connectivity index (χ4n) is 2.62. The second-order valence-electron chi connectivity index (χ2n) is 5.02. The van der Waals surface area contributed by atoms with Gasteiger partial charge < -0.3 is 14.9 Å². The van der Waals surface area contributed by atoms with Crippen LogP contribution in [-0.4, -0.2) is 37.2 Å². The van der Waals surface area contributed by atoms with Gasteiger partial charge in [-0.15, -0.1) is 0 Å². The van der Waals surface area contributed by atoms with Crippen LogP contribution in [0.2, 0.25) is 0 Å². The van der Waals surface area contributed by atoms with Gasteiger partial charge in [-0.1, -0.05) is 6.92 Å². The molecule has 1 aromatic heterocycles. The molecular formula is C14H23BrN2O2. The van der Waals surface area contributed by atoms with Crippen molar-refractivity contribution >= 4 is 15.9 Å². The minimum atomic E-state index is 0.152. The van der Waals surface area contributed by atoms with Crippen LogP contribution in [0.3, 0.4) is 0 Å². The van der Waals surface area contributed by atoms with Crippen molar-refractivity contribution in [2.24, 2.45) is 5.73 Å². The molecule has 1 aromatic rings. The monoisotopic (exact) mass is 330 g/mol. The third-order valence-corrected chi connectivity index (χ3v) is 3.98. The molecular weight excluding hydrogens is 308 g/mol. The molecule has 0 saturated carbocycles. The van der Waals surface area contributed by atoms with E-state index in [0.29, 0.717) is 12.6 Å². The lowest BCUT2D eigenvalue weighted by Crippen LogP contribution is -2.44. The summed E-state index contributed by atoms with van der Waals surface area (Å²) in [6.45, 7) is 5.56. The zero-order valence-corrected chi connectivity index (χ0v) is 13.1. The summed E-state index contributed by atoms with van der Waals surface area (Å²) in [6, 6.07) is 4.07. The average Bonchev–Trinajstić information content (AvgIpc) is 2.84. The third kappa shape index (κ3) is 4.05. The lowest BCUT2D eigenvalue weighted by Gasteiger charge is -2.36. The van der Waals surface area contributed by atoms with Crippen LogP contribution in [0.4, 0.5) is 0 Å². The van der Waals surface area contributed by atoms with Crippen LogP contribution in [0.15, 0.2) is 21.2 Å². The van der Waals surface area contributed by atoms with Crippen LogP contribution < -0.4 is 5.73 Å². The van der Waals surface area contributed by atoms with Gasteiger partial charge in [0.05, 0.1) is 12.1 Å². The van der Waals surface area contributed by atoms with E-state index >= 15 is 0 Å². The lowest BCUT2D eigenvalue weighted by atomic mass is 10.0. The SMILES string of the molecule is CCCOC1CCCN(C(CN)c2ccc(Br)o2)C1. The Morgan fingerprint density at radius 3 is 3.05 bits per heavy atom. The van der Waals surface area contributed by atoms with E-state index in [9.17, 15) is 0 Å². The van der Waals surface area contributed by atoms with Gasteiger partial charge in [0.1, 0.15) is 5.76 Å². The number of nitrogens with two attached hydrogens (primary N) is 1. The number of likely N-dealkylation sites (tertiary alicyclic amines) is 1. The maximum absolute atomic E-state index is 5.93. The fraction of sp³-hybridized carbons (Fsp3) is 0.714. The molecule has 2 atom stereocenters. The number of furan rings is 1. The number of halogens is 1. The van der Waals surface area contributed by atoms with Crippen molar-refractivity contribution in [2.75, 3.05) is 26.2 Å². The fourth-order valence-corrected chi connectivity index (χ4v) is 2.94. The first-order valence-electron chi connectivity index (χ1n) is 7.05. The number of ether oxygens (including phenoxy) is 1. The number of nitrogens with zero attached hydrogens (tertiary/aromatic N) is 1. The summed E-state index contributed by atoms with van der Waals surface area (Å²) in [6.07, 6.45) is 3.71. The summed E-state index contributed by atoms with van der Waals surface area (Å²) in [5, 5.41) is 0. The summed E-state index contributed by atoms with van der Waals surface area (Å²) >= 11 is 3.35. The molecule has 1 fully saturated rings. The predicted octanol–water partition coefficient (Wildman–Crippen LogP) is 2.93. The Morgan fingerprint density at radius 2 is 2.42 bits per heavy atom. The van der Waals surface area contributed by atoms with Crippen molar-refractivity contribution in [1.82, 2.24) is 4.90 Å². The van der Waals surface area contributed by atoms with Gasteiger partial charge in [-0.05, 0) is 53.9 Å². The van der Waals surface area contributed by atoms with Crippen LogP contribution in [-0.2, 0) is 4.74 Å². The van der Waals surface area contributed by atoms with Crippen molar-refractivity contribution in [3.8, 4) is 0 Å². The van der Waals surface area contributed by atoms with Crippen LogP contribution in [0.25, 0.3) is 0 Å². The molecule has 0 radical (unpaired) electrons. The number of hydrogen-bond donors (Lipinski definition) is 1. The van der Waals surface area contributed by atoms with Gasteiger partial charge in [0.2, 0.25) is 0 Å². The first kappa shape index (κ1) is 15.0. The Bertz CT molecular complexity index is 383. The Hall–Kier alpha value is -0.360. The van der Waals surface area contributed by atoms with Crippen molar-refractivity contribution in [3.63, 3.8) is 0 Å². The molecule has 0 amide bonds. The molecule has 2 heterocycles. The molecule has 5 heteroatoms. The average molecular weight is 331 g/mol. The van der Waals surface area contributed by atoms with Crippen molar-refractivity contribution in [1.29, 1.82) is 0 Å². The molecule has 2 unspecified atom stereocenters. The molecule has 0 spiro atoms. The van der Waals surface area contributed by atoms with Gasteiger partial charge in [-0.25, -0.2) is 0 Å². The maximum Gasteiger partial charge on any atom is 0.169 e. The Balaban J connectivity index is 1.98. The molecule has 1 aliphatic heterocycles. The van der Waals surface area contributed by atoms with Crippen LogP contribution >= 0.6 is 15.9 Å². The summed E-state index contributed by atoms with van der Waals surface area (Å²) in [7, 11) is 0. The van der Waals surface area contributed by atoms with E-state index in [-0.39, 0.29) is 6.04 Å². The second kappa shape index (κ2) is 7.43. The Labute approximate surface area is 123 Å². The highest BCUT2D eigenvalue weighted by Crippen LogP contribution is 2.27. The van der Waals surface area contributed by atoms with Gasteiger partial charge in [0.25, 0.3) is 0 Å². The molecule has 1 aliphatic rings. The number of hydrogen-bond acceptors (Lipinski definition) is 4. The zero-order chi connectivity index (χ0) is 13.7. The summed E-state index contributed by atoms with van der Waals surface area (Å²) in [4.78, 5) is 2.38. The molecule has 108 valence electrons. The smallest absolute Gasteiger partial charge is 0.169 e. The van der Waals surface area contributed by atoms with Crippen molar-refractivity contribution in [2.45, 2.75) is 38.3 Å². The predicted molar refractivity (Wildman–Crippen MR) is 79.0 cm³/mol. The van der Waals surface area contributed by atoms with Gasteiger partial charge >= 0.3 is 0 Å². The summed E-state index contributed by atoms with van der Waals surface area (Å²) < 4.78 is 12.3. The van der Waals surface area contributed by atoms with Crippen molar-refractivity contribution in [3.05, 3.63) is 22.6 Å². The minimum Gasteiger partial charge on any atom is -0.453 e. The molecule has 19 heavy (non-hydrogen) atoms. The van der Waals surface area contributed by atoms with Gasteiger partial charge in [0.15, 0.2) is 4.67 Å². The Kier molecular flexibility index (Phi) is 5.88. The highest BCUT2D eigenvalue weighted by Gasteiger charge is 2.28. The van der Waals surface area contributed by atoms with E-state index in [1.807, 2.05) is 12.1 Å². The summed E-state index contributed by atoms with van der Waals surface area (Å²) in [5.41, 5.74) is 5.93. The van der Waals surface area contributed by atoms with E-state index in [2.05, 4.69) is 27.8 Å². The van der Waals surface area contributed by atoms with E-state index < -0.39 is 0 Å². The lowest BCUT2D eigenvalue weighted by molar-refractivity contribution is -0.0144. The number of rotatable bonds is 6.